The molecule has 1 saturated carbocycles. The number of piperidine rings is 1. The van der Waals surface area contributed by atoms with Gasteiger partial charge in [-0.1, -0.05) is 6.07 Å². The molecule has 0 aromatic heterocycles. The lowest BCUT2D eigenvalue weighted by atomic mass is 9.51. The number of aliphatic hydroxyl groups is 3. The number of hydrogen-bond acceptors (Lipinski definition) is 9. The summed E-state index contributed by atoms with van der Waals surface area (Å²) in [4.78, 5) is 13.9. The number of ether oxygens (including phenoxy) is 3. The number of likely N-dealkylation sites (tertiary alicyclic amines) is 1. The number of phenols is 1. The molecule has 5 aliphatic rings. The van der Waals surface area contributed by atoms with Crippen LogP contribution in [0, 0.1) is 5.92 Å². The van der Waals surface area contributed by atoms with Gasteiger partial charge in [-0.3, -0.25) is 0 Å². The van der Waals surface area contributed by atoms with Crippen LogP contribution >= 0.6 is 0 Å². The van der Waals surface area contributed by atoms with Crippen molar-refractivity contribution in [2.45, 2.75) is 80.1 Å². The second kappa shape index (κ2) is 7.27. The molecule has 0 radical (unpaired) electrons. The summed E-state index contributed by atoms with van der Waals surface area (Å²) in [5.41, 5.74) is 1.86. The number of likely N-dealkylation sites (N-methyl/N-ethyl adjacent to an activating group) is 1. The quantitative estimate of drug-likeness (QED) is 0.391. The van der Waals surface area contributed by atoms with Gasteiger partial charge in [0.15, 0.2) is 23.9 Å². The van der Waals surface area contributed by atoms with Crippen molar-refractivity contribution in [3.63, 3.8) is 0 Å². The lowest BCUT2D eigenvalue weighted by Crippen LogP contribution is -2.67. The molecular weight excluding hydrogens is 434 g/mol. The summed E-state index contributed by atoms with van der Waals surface area (Å²) in [6, 6.07) is 3.98. The summed E-state index contributed by atoms with van der Waals surface area (Å²) < 4.78 is 17.9. The van der Waals surface area contributed by atoms with E-state index in [0.29, 0.717) is 24.1 Å². The predicted octanol–water partition coefficient (Wildman–Crippen LogP) is -0.661. The normalized spacial score (nSPS) is 45.9. The third-order valence-electron chi connectivity index (χ3n) is 8.66. The molecule has 10 heteroatoms. The highest BCUT2D eigenvalue weighted by Gasteiger charge is 2.66. The van der Waals surface area contributed by atoms with E-state index in [4.69, 9.17) is 14.2 Å². The van der Waals surface area contributed by atoms with Crippen LogP contribution in [0.25, 0.3) is 0 Å². The smallest absolute Gasteiger partial charge is 0.335 e. The number of carbonyl (C=O) groups is 1. The first-order chi connectivity index (χ1) is 15.7. The summed E-state index contributed by atoms with van der Waals surface area (Å²) >= 11 is 0. The van der Waals surface area contributed by atoms with Crippen molar-refractivity contribution in [2.75, 3.05) is 13.6 Å². The Balaban J connectivity index is 1.36. The van der Waals surface area contributed by atoms with Crippen molar-refractivity contribution in [2.24, 2.45) is 5.92 Å². The van der Waals surface area contributed by atoms with Gasteiger partial charge in [0.1, 0.15) is 24.4 Å². The fraction of sp³-hybridized carbons (Fsp3) is 0.696. The number of aliphatic carboxylic acids is 1. The zero-order chi connectivity index (χ0) is 23.2. The highest BCUT2D eigenvalue weighted by molar-refractivity contribution is 5.73. The van der Waals surface area contributed by atoms with Crippen LogP contribution in [0.2, 0.25) is 0 Å². The number of carboxylic acids is 1. The first-order valence-electron chi connectivity index (χ1n) is 11.5. The Morgan fingerprint density at radius 2 is 1.97 bits per heavy atom. The average molecular weight is 463 g/mol. The molecule has 1 aromatic carbocycles. The van der Waals surface area contributed by atoms with Crippen molar-refractivity contribution in [3.05, 3.63) is 23.3 Å². The number of phenolic OH excluding ortho intramolecular Hbond substituents is 1. The van der Waals surface area contributed by atoms with Gasteiger partial charge in [0.2, 0.25) is 0 Å². The topological polar surface area (TPSA) is 149 Å². The highest BCUT2D eigenvalue weighted by Crippen LogP contribution is 2.64. The molecule has 3 heterocycles. The van der Waals surface area contributed by atoms with Gasteiger partial charge in [-0.25, -0.2) is 4.79 Å². The molecule has 3 fully saturated rings. The Morgan fingerprint density at radius 3 is 2.73 bits per heavy atom. The van der Waals surface area contributed by atoms with Gasteiger partial charge in [-0.2, -0.15) is 0 Å². The fourth-order valence-electron chi connectivity index (χ4n) is 7.17. The van der Waals surface area contributed by atoms with Gasteiger partial charge < -0.3 is 44.6 Å². The largest absolute Gasteiger partial charge is 0.504 e. The van der Waals surface area contributed by atoms with Crippen LogP contribution in [-0.4, -0.2) is 98.9 Å². The maximum absolute atomic E-state index is 11.5. The van der Waals surface area contributed by atoms with Crippen molar-refractivity contribution >= 4 is 5.97 Å². The second-order valence-corrected chi connectivity index (χ2v) is 10.1. The van der Waals surface area contributed by atoms with Gasteiger partial charge >= 0.3 is 5.97 Å². The van der Waals surface area contributed by atoms with Crippen LogP contribution in [0.15, 0.2) is 12.1 Å². The summed E-state index contributed by atoms with van der Waals surface area (Å²) in [6.07, 6.45) is -6.12. The van der Waals surface area contributed by atoms with Crippen LogP contribution in [0.5, 0.6) is 11.5 Å². The van der Waals surface area contributed by atoms with E-state index in [9.17, 15) is 30.3 Å². The molecule has 1 spiro atoms. The maximum Gasteiger partial charge on any atom is 0.335 e. The molecule has 0 unspecified atom stereocenters. The third kappa shape index (κ3) is 2.79. The Kier molecular flexibility index (Phi) is 4.75. The van der Waals surface area contributed by atoms with Crippen LogP contribution in [0.3, 0.4) is 0 Å². The lowest BCUT2D eigenvalue weighted by molar-refractivity contribution is -0.315. The van der Waals surface area contributed by atoms with Crippen molar-refractivity contribution in [1.82, 2.24) is 4.90 Å². The molecule has 2 saturated heterocycles. The van der Waals surface area contributed by atoms with E-state index in [1.165, 1.54) is 0 Å². The molecule has 2 aliphatic carbocycles. The van der Waals surface area contributed by atoms with E-state index in [-0.39, 0.29) is 11.2 Å². The lowest BCUT2D eigenvalue weighted by Gasteiger charge is -2.59. The van der Waals surface area contributed by atoms with Crippen LogP contribution in [0.4, 0.5) is 0 Å². The molecule has 0 amide bonds. The third-order valence-corrected chi connectivity index (χ3v) is 8.66. The fourth-order valence-corrected chi connectivity index (χ4v) is 7.17. The van der Waals surface area contributed by atoms with E-state index in [0.717, 1.165) is 36.9 Å². The Hall–Kier alpha value is -1.95. The molecule has 5 N–H and O–H groups in total. The van der Waals surface area contributed by atoms with Crippen LogP contribution < -0.4 is 4.74 Å². The summed E-state index contributed by atoms with van der Waals surface area (Å²) in [5, 5.41) is 50.6. The highest BCUT2D eigenvalue weighted by atomic mass is 16.7. The maximum atomic E-state index is 11.5. The number of hydrogen-bond donors (Lipinski definition) is 5. The molecule has 10 nitrogen and oxygen atoms in total. The molecule has 3 aliphatic heterocycles. The Bertz CT molecular complexity index is 987. The minimum atomic E-state index is -1.77. The first-order valence-corrected chi connectivity index (χ1v) is 11.5. The standard InChI is InChI=1S/C23H29NO9/c1-24-7-6-23-10-3-5-13(31-22-17(28)15(26)16(27)19(33-22)21(29)30)20(23)32-18-12(25)4-2-9(14(18)23)8-11(10)24/h2,4,10-11,13,15-17,19-20,22,25-28H,3,5-8H2,1H3,(H,29,30)/t10-,11+,13-,15-,16-,17+,19-,20-,22+,23-/m0/s1. The van der Waals surface area contributed by atoms with Crippen molar-refractivity contribution in [1.29, 1.82) is 0 Å². The molecule has 10 atom stereocenters. The number of carboxylic acid groups (broad SMARTS) is 1. The number of nitrogens with zero attached hydrogens (tertiary/aromatic N) is 1. The van der Waals surface area contributed by atoms with E-state index < -0.39 is 48.9 Å². The van der Waals surface area contributed by atoms with Gasteiger partial charge in [-0.05, 0) is 56.8 Å². The molecule has 6 rings (SSSR count). The monoisotopic (exact) mass is 463 g/mol. The second-order valence-electron chi connectivity index (χ2n) is 10.1. The Morgan fingerprint density at radius 1 is 1.18 bits per heavy atom. The number of aromatic hydroxyl groups is 1. The van der Waals surface area contributed by atoms with E-state index >= 15 is 0 Å². The van der Waals surface area contributed by atoms with E-state index in [1.54, 1.807) is 6.07 Å². The number of aliphatic hydroxyl groups excluding tert-OH is 3. The SMILES string of the molecule is CN1CC[C@]23c4c5ccc(O)c4O[C@H]2[C@@H](O[C@@H]2O[C@H](C(=O)O)[C@@H](O)[C@H](O)[C@H]2O)CC[C@H]3[C@H]1C5. The average Bonchev–Trinajstić information content (AvgIpc) is 3.14. The minimum Gasteiger partial charge on any atom is -0.504 e. The summed E-state index contributed by atoms with van der Waals surface area (Å²) in [5.74, 6) is -0.558. The summed E-state index contributed by atoms with van der Waals surface area (Å²) in [7, 11) is 2.14. The Labute approximate surface area is 190 Å². The van der Waals surface area contributed by atoms with E-state index in [1.807, 2.05) is 6.07 Å². The van der Waals surface area contributed by atoms with Crippen molar-refractivity contribution < 1.29 is 44.5 Å². The molecule has 1 aromatic rings. The predicted molar refractivity (Wildman–Crippen MR) is 111 cm³/mol. The van der Waals surface area contributed by atoms with Gasteiger partial charge in [0, 0.05) is 17.0 Å². The summed E-state index contributed by atoms with van der Waals surface area (Å²) in [6.45, 7) is 0.872. The first kappa shape index (κ1) is 21.6. The van der Waals surface area contributed by atoms with Gasteiger partial charge in [-0.15, -0.1) is 0 Å². The molecule has 180 valence electrons. The van der Waals surface area contributed by atoms with Gasteiger partial charge in [0.25, 0.3) is 0 Å². The number of rotatable bonds is 3. The van der Waals surface area contributed by atoms with Crippen molar-refractivity contribution in [3.8, 4) is 11.5 Å². The zero-order valence-corrected chi connectivity index (χ0v) is 18.2. The van der Waals surface area contributed by atoms with Gasteiger partial charge in [0.05, 0.1) is 6.10 Å². The molecule has 33 heavy (non-hydrogen) atoms. The molecular formula is C23H29NO9. The van der Waals surface area contributed by atoms with Crippen LogP contribution in [0.1, 0.15) is 30.4 Å². The van der Waals surface area contributed by atoms with Crippen LogP contribution in [-0.2, 0) is 26.1 Å². The minimum absolute atomic E-state index is 0.0887. The zero-order valence-electron chi connectivity index (χ0n) is 18.2. The van der Waals surface area contributed by atoms with E-state index in [2.05, 4.69) is 11.9 Å². The molecule has 2 bridgehead atoms. The number of benzene rings is 1.